The van der Waals surface area contributed by atoms with E-state index in [2.05, 4.69) is 24.0 Å². The number of likely N-dealkylation sites (N-methyl/N-ethyl adjacent to an activating group) is 1. The van der Waals surface area contributed by atoms with E-state index in [1.165, 1.54) is 5.56 Å². The van der Waals surface area contributed by atoms with Gasteiger partial charge in [0.2, 0.25) is 5.91 Å². The van der Waals surface area contributed by atoms with Crippen molar-refractivity contribution in [2.45, 2.75) is 52.0 Å². The summed E-state index contributed by atoms with van der Waals surface area (Å²) in [5.74, 6) is 0.230. The fourth-order valence-corrected chi connectivity index (χ4v) is 4.81. The molecule has 0 unspecified atom stereocenters. The molecule has 6 heteroatoms. The fraction of sp³-hybridized carbons (Fsp3) is 0.789. The van der Waals surface area contributed by atoms with Crippen molar-refractivity contribution in [1.29, 1.82) is 0 Å². The number of aryl methyl sites for hydroxylation is 2. The van der Waals surface area contributed by atoms with Gasteiger partial charge in [0.05, 0.1) is 12.3 Å². The molecule has 1 aromatic rings. The Bertz CT molecular complexity index is 642. The van der Waals surface area contributed by atoms with Crippen molar-refractivity contribution in [3.05, 3.63) is 17.0 Å². The Labute approximate surface area is 150 Å². The summed E-state index contributed by atoms with van der Waals surface area (Å²) in [4.78, 5) is 17.1. The summed E-state index contributed by atoms with van der Waals surface area (Å²) in [7, 11) is 4.08. The van der Waals surface area contributed by atoms with Gasteiger partial charge in [-0.2, -0.15) is 5.10 Å². The number of likely N-dealkylation sites (tertiary alicyclic amines) is 2. The monoisotopic (exact) mass is 348 g/mol. The third kappa shape index (κ3) is 3.34. The standard InChI is InChI=1S/C19H32N4O2/c1-14-16(15(2)22(4)20-14)6-7-18(25)23-11-9-19(13-24)8-5-10-21(3)17(19)12-23/h17,24H,5-13H2,1-4H3/t17-,19-/m1/s1. The Morgan fingerprint density at radius 3 is 2.68 bits per heavy atom. The molecule has 3 heterocycles. The molecule has 2 saturated heterocycles. The Balaban J connectivity index is 1.64. The van der Waals surface area contributed by atoms with Crippen LogP contribution in [0.3, 0.4) is 0 Å². The van der Waals surface area contributed by atoms with E-state index in [9.17, 15) is 9.90 Å². The van der Waals surface area contributed by atoms with Gasteiger partial charge >= 0.3 is 0 Å². The largest absolute Gasteiger partial charge is 0.396 e. The lowest BCUT2D eigenvalue weighted by Crippen LogP contribution is -2.62. The van der Waals surface area contributed by atoms with Crippen LogP contribution in [-0.2, 0) is 18.3 Å². The number of nitrogens with zero attached hydrogens (tertiary/aromatic N) is 4. The Morgan fingerprint density at radius 2 is 2.04 bits per heavy atom. The number of carbonyl (C=O) groups excluding carboxylic acids is 1. The second-order valence-electron chi connectivity index (χ2n) is 7.98. The molecule has 0 saturated carbocycles. The van der Waals surface area contributed by atoms with Crippen molar-refractivity contribution in [2.24, 2.45) is 12.5 Å². The molecule has 6 nitrogen and oxygen atoms in total. The molecule has 0 bridgehead atoms. The summed E-state index contributed by atoms with van der Waals surface area (Å²) in [6.07, 6.45) is 4.42. The van der Waals surface area contributed by atoms with Gasteiger partial charge in [-0.05, 0) is 58.7 Å². The molecule has 0 aromatic carbocycles. The van der Waals surface area contributed by atoms with Crippen LogP contribution in [-0.4, -0.2) is 69.9 Å². The van der Waals surface area contributed by atoms with Crippen molar-refractivity contribution in [3.8, 4) is 0 Å². The van der Waals surface area contributed by atoms with Crippen LogP contribution in [0, 0.1) is 19.3 Å². The molecule has 1 aromatic heterocycles. The van der Waals surface area contributed by atoms with E-state index >= 15 is 0 Å². The van der Waals surface area contributed by atoms with Gasteiger partial charge < -0.3 is 14.9 Å². The van der Waals surface area contributed by atoms with Crippen LogP contribution in [0.2, 0.25) is 0 Å². The van der Waals surface area contributed by atoms with Gasteiger partial charge in [-0.25, -0.2) is 0 Å². The second kappa shape index (κ2) is 7.08. The van der Waals surface area contributed by atoms with E-state index in [-0.39, 0.29) is 24.0 Å². The molecule has 3 rings (SSSR count). The highest BCUT2D eigenvalue weighted by Gasteiger charge is 2.47. The van der Waals surface area contributed by atoms with E-state index in [1.54, 1.807) is 0 Å². The molecule has 2 aliphatic heterocycles. The molecular weight excluding hydrogens is 316 g/mol. The van der Waals surface area contributed by atoms with Gasteiger partial charge in [-0.1, -0.05) is 0 Å². The number of aromatic nitrogens is 2. The van der Waals surface area contributed by atoms with Crippen LogP contribution in [0.15, 0.2) is 0 Å². The van der Waals surface area contributed by atoms with Crippen LogP contribution < -0.4 is 0 Å². The number of hydrogen-bond donors (Lipinski definition) is 1. The predicted molar refractivity (Wildman–Crippen MR) is 97.4 cm³/mol. The summed E-state index contributed by atoms with van der Waals surface area (Å²) in [5, 5.41) is 14.4. The molecule has 0 aliphatic carbocycles. The third-order valence-corrected chi connectivity index (χ3v) is 6.61. The molecule has 2 atom stereocenters. The smallest absolute Gasteiger partial charge is 0.222 e. The average molecular weight is 348 g/mol. The molecule has 1 amide bonds. The fourth-order valence-electron chi connectivity index (χ4n) is 4.81. The first kappa shape index (κ1) is 18.4. The lowest BCUT2D eigenvalue weighted by atomic mass is 9.69. The van der Waals surface area contributed by atoms with Gasteiger partial charge in [0, 0.05) is 43.7 Å². The maximum Gasteiger partial charge on any atom is 0.222 e. The minimum atomic E-state index is -0.0136. The number of aliphatic hydroxyl groups is 1. The van der Waals surface area contributed by atoms with E-state index in [4.69, 9.17) is 0 Å². The number of carbonyl (C=O) groups is 1. The number of piperidine rings is 2. The van der Waals surface area contributed by atoms with Crippen LogP contribution >= 0.6 is 0 Å². The Hall–Kier alpha value is -1.40. The lowest BCUT2D eigenvalue weighted by Gasteiger charge is -2.53. The number of hydrogen-bond acceptors (Lipinski definition) is 4. The van der Waals surface area contributed by atoms with Crippen molar-refractivity contribution < 1.29 is 9.90 Å². The van der Waals surface area contributed by atoms with Crippen molar-refractivity contribution >= 4 is 5.91 Å². The van der Waals surface area contributed by atoms with Crippen molar-refractivity contribution in [3.63, 3.8) is 0 Å². The van der Waals surface area contributed by atoms with Crippen LogP contribution in [0.25, 0.3) is 0 Å². The second-order valence-corrected chi connectivity index (χ2v) is 7.98. The molecule has 2 aliphatic rings. The number of fused-ring (bicyclic) bond motifs is 1. The SMILES string of the molecule is Cc1nn(C)c(C)c1CCC(=O)N1CC[C@@]2(CO)CCCN(C)[C@@H]2C1. The van der Waals surface area contributed by atoms with Crippen LogP contribution in [0.5, 0.6) is 0 Å². The van der Waals surface area contributed by atoms with Crippen LogP contribution in [0.4, 0.5) is 0 Å². The highest BCUT2D eigenvalue weighted by molar-refractivity contribution is 5.76. The van der Waals surface area contributed by atoms with Gasteiger partial charge in [-0.3, -0.25) is 9.48 Å². The molecular formula is C19H32N4O2. The topological polar surface area (TPSA) is 61.6 Å². The average Bonchev–Trinajstić information content (AvgIpc) is 2.85. The van der Waals surface area contributed by atoms with Crippen molar-refractivity contribution in [2.75, 3.05) is 33.3 Å². The minimum absolute atomic E-state index is 0.0136. The zero-order chi connectivity index (χ0) is 18.2. The van der Waals surface area contributed by atoms with Gasteiger partial charge in [0.15, 0.2) is 0 Å². The number of aliphatic hydroxyl groups excluding tert-OH is 1. The molecule has 0 radical (unpaired) electrons. The zero-order valence-electron chi connectivity index (χ0n) is 16.1. The highest BCUT2D eigenvalue weighted by atomic mass is 16.3. The first-order chi connectivity index (χ1) is 11.9. The summed E-state index contributed by atoms with van der Waals surface area (Å²) < 4.78 is 1.89. The summed E-state index contributed by atoms with van der Waals surface area (Å²) in [5.41, 5.74) is 3.36. The minimum Gasteiger partial charge on any atom is -0.396 e. The highest BCUT2D eigenvalue weighted by Crippen LogP contribution is 2.41. The number of rotatable bonds is 4. The zero-order valence-corrected chi connectivity index (χ0v) is 16.1. The summed E-state index contributed by atoms with van der Waals surface area (Å²) in [6.45, 7) is 6.89. The Morgan fingerprint density at radius 1 is 1.28 bits per heavy atom. The van der Waals surface area contributed by atoms with Gasteiger partial charge in [0.25, 0.3) is 0 Å². The van der Waals surface area contributed by atoms with Crippen molar-refractivity contribution in [1.82, 2.24) is 19.6 Å². The maximum absolute atomic E-state index is 12.8. The van der Waals surface area contributed by atoms with E-state index in [0.29, 0.717) is 6.42 Å². The summed E-state index contributed by atoms with van der Waals surface area (Å²) in [6, 6.07) is 0.283. The van der Waals surface area contributed by atoms with E-state index < -0.39 is 0 Å². The van der Waals surface area contributed by atoms with Gasteiger partial charge in [0.1, 0.15) is 0 Å². The third-order valence-electron chi connectivity index (χ3n) is 6.61. The molecule has 1 N–H and O–H groups in total. The normalized spacial score (nSPS) is 27.4. The molecule has 140 valence electrons. The quantitative estimate of drug-likeness (QED) is 0.890. The summed E-state index contributed by atoms with van der Waals surface area (Å²) >= 11 is 0. The maximum atomic E-state index is 12.8. The van der Waals surface area contributed by atoms with E-state index in [0.717, 1.165) is 56.7 Å². The molecule has 25 heavy (non-hydrogen) atoms. The molecule has 0 spiro atoms. The lowest BCUT2D eigenvalue weighted by molar-refractivity contribution is -0.139. The first-order valence-corrected chi connectivity index (χ1v) is 9.46. The molecule has 2 fully saturated rings. The Kier molecular flexibility index (Phi) is 5.21. The van der Waals surface area contributed by atoms with Crippen LogP contribution in [0.1, 0.15) is 42.6 Å². The van der Waals surface area contributed by atoms with E-state index in [1.807, 2.05) is 23.6 Å². The number of amides is 1. The predicted octanol–water partition coefficient (Wildman–Crippen LogP) is 1.27. The van der Waals surface area contributed by atoms with Gasteiger partial charge in [-0.15, -0.1) is 0 Å². The first-order valence-electron chi connectivity index (χ1n) is 9.46.